The lowest BCUT2D eigenvalue weighted by molar-refractivity contribution is -0.137. The maximum atomic E-state index is 13.3. The SMILES string of the molecule is CCc1nc2ccccc2c(C(F)(F)F)c1CC. The molecule has 96 valence electrons. The highest BCUT2D eigenvalue weighted by Crippen LogP contribution is 2.38. The first-order valence-corrected chi connectivity index (χ1v) is 5.96. The molecule has 0 atom stereocenters. The first-order chi connectivity index (χ1) is 8.49. The molecule has 4 heteroatoms. The zero-order valence-corrected chi connectivity index (χ0v) is 10.3. The van der Waals surface area contributed by atoms with Gasteiger partial charge in [0.1, 0.15) is 0 Å². The van der Waals surface area contributed by atoms with Gasteiger partial charge < -0.3 is 0 Å². The zero-order valence-electron chi connectivity index (χ0n) is 10.3. The maximum absolute atomic E-state index is 13.3. The van der Waals surface area contributed by atoms with Gasteiger partial charge in [-0.25, -0.2) is 0 Å². The monoisotopic (exact) mass is 253 g/mol. The molecule has 0 spiro atoms. The van der Waals surface area contributed by atoms with Gasteiger partial charge in [-0.3, -0.25) is 4.98 Å². The van der Waals surface area contributed by atoms with E-state index < -0.39 is 11.7 Å². The number of pyridine rings is 1. The molecule has 0 unspecified atom stereocenters. The third kappa shape index (κ3) is 2.07. The average molecular weight is 253 g/mol. The quantitative estimate of drug-likeness (QED) is 0.774. The van der Waals surface area contributed by atoms with Crippen molar-refractivity contribution < 1.29 is 13.2 Å². The van der Waals surface area contributed by atoms with Crippen LogP contribution in [0.3, 0.4) is 0 Å². The van der Waals surface area contributed by atoms with Crippen LogP contribution in [0.5, 0.6) is 0 Å². The van der Waals surface area contributed by atoms with Crippen LogP contribution in [0.1, 0.15) is 30.7 Å². The van der Waals surface area contributed by atoms with Crippen LogP contribution < -0.4 is 0 Å². The molecule has 0 aliphatic rings. The molecule has 0 amide bonds. The molecular formula is C14H14F3N. The fraction of sp³-hybridized carbons (Fsp3) is 0.357. The molecule has 2 rings (SSSR count). The van der Waals surface area contributed by atoms with Crippen LogP contribution in [0.15, 0.2) is 24.3 Å². The van der Waals surface area contributed by atoms with Gasteiger partial charge in [0.15, 0.2) is 0 Å². The second kappa shape index (κ2) is 4.59. The van der Waals surface area contributed by atoms with Crippen molar-refractivity contribution in [3.05, 3.63) is 41.1 Å². The Morgan fingerprint density at radius 2 is 1.72 bits per heavy atom. The number of hydrogen-bond acceptors (Lipinski definition) is 1. The Morgan fingerprint density at radius 3 is 2.28 bits per heavy atom. The van der Waals surface area contributed by atoms with Gasteiger partial charge in [-0.05, 0) is 24.5 Å². The van der Waals surface area contributed by atoms with Crippen molar-refractivity contribution in [3.63, 3.8) is 0 Å². The lowest BCUT2D eigenvalue weighted by atomic mass is 9.97. The Hall–Kier alpha value is -1.58. The number of rotatable bonds is 2. The highest BCUT2D eigenvalue weighted by Gasteiger charge is 2.36. The van der Waals surface area contributed by atoms with Crippen LogP contribution >= 0.6 is 0 Å². The number of aryl methyl sites for hydroxylation is 1. The van der Waals surface area contributed by atoms with Gasteiger partial charge in [0.2, 0.25) is 0 Å². The topological polar surface area (TPSA) is 12.9 Å². The first kappa shape index (κ1) is 12.9. The number of nitrogens with zero attached hydrogens (tertiary/aromatic N) is 1. The standard InChI is InChI=1S/C14H14F3N/c1-3-9-11(4-2)18-12-8-6-5-7-10(12)13(9)14(15,16)17/h5-8H,3-4H2,1-2H3. The molecule has 0 fully saturated rings. The molecule has 0 bridgehead atoms. The zero-order chi connectivity index (χ0) is 13.3. The molecule has 1 nitrogen and oxygen atoms in total. The van der Waals surface area contributed by atoms with Gasteiger partial charge in [0, 0.05) is 11.1 Å². The molecular weight excluding hydrogens is 239 g/mol. The summed E-state index contributed by atoms with van der Waals surface area (Å²) in [6.45, 7) is 3.57. The van der Waals surface area contributed by atoms with Gasteiger partial charge in [0.25, 0.3) is 0 Å². The summed E-state index contributed by atoms with van der Waals surface area (Å²) < 4.78 is 39.8. The summed E-state index contributed by atoms with van der Waals surface area (Å²) in [5, 5.41) is 0.194. The van der Waals surface area contributed by atoms with Crippen molar-refractivity contribution in [2.75, 3.05) is 0 Å². The summed E-state index contributed by atoms with van der Waals surface area (Å²) in [4.78, 5) is 4.34. The van der Waals surface area contributed by atoms with Crippen molar-refractivity contribution in [1.82, 2.24) is 4.98 Å². The number of aromatic nitrogens is 1. The van der Waals surface area contributed by atoms with Gasteiger partial charge in [-0.1, -0.05) is 32.0 Å². The van der Waals surface area contributed by atoms with Crippen LogP contribution in [0, 0.1) is 0 Å². The lowest BCUT2D eigenvalue weighted by Gasteiger charge is -2.17. The number of halogens is 3. The minimum absolute atomic E-state index is 0.194. The third-order valence-electron chi connectivity index (χ3n) is 3.05. The number of benzene rings is 1. The molecule has 0 saturated carbocycles. The van der Waals surface area contributed by atoms with Crippen molar-refractivity contribution in [1.29, 1.82) is 0 Å². The molecule has 0 aliphatic carbocycles. The first-order valence-electron chi connectivity index (χ1n) is 5.96. The van der Waals surface area contributed by atoms with Crippen LogP contribution in [0.4, 0.5) is 13.2 Å². The molecule has 1 aromatic carbocycles. The molecule has 0 radical (unpaired) electrons. The highest BCUT2D eigenvalue weighted by molar-refractivity contribution is 5.84. The number of hydrogen-bond donors (Lipinski definition) is 0. The van der Waals surface area contributed by atoms with Crippen LogP contribution in [0.25, 0.3) is 10.9 Å². The summed E-state index contributed by atoms with van der Waals surface area (Å²) in [6, 6.07) is 6.44. The lowest BCUT2D eigenvalue weighted by Crippen LogP contribution is -2.13. The van der Waals surface area contributed by atoms with Crippen molar-refractivity contribution in [2.45, 2.75) is 32.9 Å². The second-order valence-electron chi connectivity index (χ2n) is 4.13. The smallest absolute Gasteiger partial charge is 0.253 e. The normalized spacial score (nSPS) is 12.1. The highest BCUT2D eigenvalue weighted by atomic mass is 19.4. The van der Waals surface area contributed by atoms with Crippen molar-refractivity contribution >= 4 is 10.9 Å². The number of fused-ring (bicyclic) bond motifs is 1. The van der Waals surface area contributed by atoms with Crippen molar-refractivity contribution in [3.8, 4) is 0 Å². The summed E-state index contributed by atoms with van der Waals surface area (Å²) >= 11 is 0. The van der Waals surface area contributed by atoms with E-state index in [0.29, 0.717) is 29.6 Å². The molecule has 18 heavy (non-hydrogen) atoms. The van der Waals surface area contributed by atoms with Crippen molar-refractivity contribution in [2.24, 2.45) is 0 Å². The Balaban J connectivity index is 2.91. The molecule has 1 heterocycles. The van der Waals surface area contributed by atoms with E-state index in [1.54, 1.807) is 25.1 Å². The molecule has 0 N–H and O–H groups in total. The minimum atomic E-state index is -4.34. The minimum Gasteiger partial charge on any atom is -0.253 e. The van der Waals surface area contributed by atoms with E-state index in [9.17, 15) is 13.2 Å². The van der Waals surface area contributed by atoms with Gasteiger partial charge >= 0.3 is 6.18 Å². The van der Waals surface area contributed by atoms with Gasteiger partial charge in [-0.2, -0.15) is 13.2 Å². The molecule has 2 aromatic rings. The Bertz CT molecular complexity index is 573. The summed E-state index contributed by atoms with van der Waals surface area (Å²) in [7, 11) is 0. The van der Waals surface area contributed by atoms with Crippen LogP contribution in [0.2, 0.25) is 0 Å². The number of alkyl halides is 3. The maximum Gasteiger partial charge on any atom is 0.417 e. The second-order valence-corrected chi connectivity index (χ2v) is 4.13. The largest absolute Gasteiger partial charge is 0.417 e. The molecule has 1 aromatic heterocycles. The number of para-hydroxylation sites is 1. The van der Waals surface area contributed by atoms with E-state index in [4.69, 9.17) is 0 Å². The Labute approximate surface area is 104 Å². The van der Waals surface area contributed by atoms with E-state index in [2.05, 4.69) is 4.98 Å². The Kier molecular flexibility index (Phi) is 3.28. The van der Waals surface area contributed by atoms with Crippen LogP contribution in [-0.2, 0) is 19.0 Å². The fourth-order valence-electron chi connectivity index (χ4n) is 2.30. The van der Waals surface area contributed by atoms with E-state index in [0.717, 1.165) is 0 Å². The molecule has 0 aliphatic heterocycles. The third-order valence-corrected chi connectivity index (χ3v) is 3.05. The van der Waals surface area contributed by atoms with Gasteiger partial charge in [0.05, 0.1) is 11.1 Å². The van der Waals surface area contributed by atoms with E-state index in [1.807, 2.05) is 6.92 Å². The predicted octanol–water partition coefficient (Wildman–Crippen LogP) is 4.38. The fourth-order valence-corrected chi connectivity index (χ4v) is 2.30. The average Bonchev–Trinajstić information content (AvgIpc) is 2.34. The summed E-state index contributed by atoms with van der Waals surface area (Å²) in [6.07, 6.45) is -3.48. The van der Waals surface area contributed by atoms with E-state index in [1.165, 1.54) is 6.07 Å². The van der Waals surface area contributed by atoms with Crippen LogP contribution in [-0.4, -0.2) is 4.98 Å². The molecule has 0 saturated heterocycles. The Morgan fingerprint density at radius 1 is 1.06 bits per heavy atom. The van der Waals surface area contributed by atoms with E-state index >= 15 is 0 Å². The van der Waals surface area contributed by atoms with Gasteiger partial charge in [-0.15, -0.1) is 0 Å². The van der Waals surface area contributed by atoms with E-state index in [-0.39, 0.29) is 5.39 Å². The predicted molar refractivity (Wildman–Crippen MR) is 65.5 cm³/mol. The summed E-state index contributed by atoms with van der Waals surface area (Å²) in [5.74, 6) is 0. The summed E-state index contributed by atoms with van der Waals surface area (Å²) in [5.41, 5.74) is 0.763.